The largest absolute Gasteiger partial charge is 0.493 e. The number of amides is 1. The fourth-order valence-corrected chi connectivity index (χ4v) is 3.75. The molecule has 0 atom stereocenters. The lowest BCUT2D eigenvalue weighted by Crippen LogP contribution is -2.28. The summed E-state index contributed by atoms with van der Waals surface area (Å²) >= 11 is 0. The number of nitrogens with zero attached hydrogens (tertiary/aromatic N) is 1. The smallest absolute Gasteiger partial charge is 0.246 e. The van der Waals surface area contributed by atoms with Crippen molar-refractivity contribution in [2.24, 2.45) is 0 Å². The maximum Gasteiger partial charge on any atom is 0.246 e. The average molecular weight is 438 g/mol. The highest BCUT2D eigenvalue weighted by atomic mass is 16.5. The van der Waals surface area contributed by atoms with E-state index in [0.29, 0.717) is 42.5 Å². The van der Waals surface area contributed by atoms with Crippen LogP contribution < -0.4 is 14.2 Å². The highest BCUT2D eigenvalue weighted by molar-refractivity contribution is 6.00. The predicted molar refractivity (Wildman–Crippen MR) is 128 cm³/mol. The van der Waals surface area contributed by atoms with Gasteiger partial charge in [-0.15, -0.1) is 0 Å². The number of carbonyl (C=O) groups excluding carboxylic acids is 1. The monoisotopic (exact) mass is 437 g/mol. The molecule has 0 saturated heterocycles. The Morgan fingerprint density at radius 3 is 2.34 bits per heavy atom. The van der Waals surface area contributed by atoms with Gasteiger partial charge in [-0.05, 0) is 57.0 Å². The van der Waals surface area contributed by atoms with E-state index in [9.17, 15) is 4.79 Å². The molecule has 1 aromatic heterocycles. The van der Waals surface area contributed by atoms with Crippen molar-refractivity contribution < 1.29 is 23.4 Å². The third kappa shape index (κ3) is 4.59. The third-order valence-corrected chi connectivity index (χ3v) is 5.51. The van der Waals surface area contributed by atoms with Crippen molar-refractivity contribution in [2.45, 2.75) is 27.7 Å². The Bertz CT molecular complexity index is 1120. The number of likely N-dealkylation sites (N-methyl/N-ethyl adjacent to an activating group) is 1. The molecule has 0 aliphatic rings. The van der Waals surface area contributed by atoms with E-state index in [1.807, 2.05) is 58.0 Å². The Kier molecular flexibility index (Phi) is 7.46. The number of benzene rings is 2. The van der Waals surface area contributed by atoms with E-state index in [4.69, 9.17) is 18.6 Å². The Morgan fingerprint density at radius 2 is 1.72 bits per heavy atom. The van der Waals surface area contributed by atoms with Crippen LogP contribution in [0.25, 0.3) is 27.7 Å². The minimum Gasteiger partial charge on any atom is -0.493 e. The van der Waals surface area contributed by atoms with Gasteiger partial charge in [-0.3, -0.25) is 4.79 Å². The second-order valence-corrected chi connectivity index (χ2v) is 7.33. The first-order valence-electron chi connectivity index (χ1n) is 10.8. The van der Waals surface area contributed by atoms with Crippen molar-refractivity contribution in [3.63, 3.8) is 0 Å². The molecule has 2 aromatic carbocycles. The maximum absolute atomic E-state index is 12.7. The summed E-state index contributed by atoms with van der Waals surface area (Å²) in [5, 5.41) is 0.929. The summed E-state index contributed by atoms with van der Waals surface area (Å²) in [6.45, 7) is 9.67. The highest BCUT2D eigenvalue weighted by Crippen LogP contribution is 2.40. The summed E-state index contributed by atoms with van der Waals surface area (Å²) in [7, 11) is 3.23. The minimum absolute atomic E-state index is 0.0117. The first-order chi connectivity index (χ1) is 15.5. The minimum atomic E-state index is -0.0117. The van der Waals surface area contributed by atoms with Crippen LogP contribution in [-0.4, -0.2) is 44.7 Å². The second kappa shape index (κ2) is 10.3. The maximum atomic E-state index is 12.7. The number of hydrogen-bond acceptors (Lipinski definition) is 5. The number of allylic oxidation sites excluding steroid dienone is 1. The molecule has 0 bridgehead atoms. The summed E-state index contributed by atoms with van der Waals surface area (Å²) < 4.78 is 22.6. The number of hydrogen-bond donors (Lipinski definition) is 0. The normalized spacial score (nSPS) is 11.5. The molecule has 1 heterocycles. The van der Waals surface area contributed by atoms with Crippen LogP contribution in [0.3, 0.4) is 0 Å². The zero-order valence-corrected chi connectivity index (χ0v) is 19.7. The van der Waals surface area contributed by atoms with Crippen LogP contribution in [0.15, 0.2) is 47.1 Å². The molecule has 32 heavy (non-hydrogen) atoms. The van der Waals surface area contributed by atoms with E-state index in [0.717, 1.165) is 27.6 Å². The zero-order valence-electron chi connectivity index (χ0n) is 19.7. The van der Waals surface area contributed by atoms with Gasteiger partial charge >= 0.3 is 0 Å². The third-order valence-electron chi connectivity index (χ3n) is 5.51. The molecule has 6 heteroatoms. The molecule has 170 valence electrons. The van der Waals surface area contributed by atoms with Gasteiger partial charge in [-0.1, -0.05) is 6.07 Å². The summed E-state index contributed by atoms with van der Waals surface area (Å²) in [5.74, 6) is 1.99. The van der Waals surface area contributed by atoms with Crippen molar-refractivity contribution in [1.82, 2.24) is 4.90 Å². The molecule has 0 aliphatic carbocycles. The Morgan fingerprint density at radius 1 is 1.00 bits per heavy atom. The van der Waals surface area contributed by atoms with Crippen molar-refractivity contribution in [3.05, 3.63) is 48.2 Å². The van der Waals surface area contributed by atoms with Gasteiger partial charge < -0.3 is 23.5 Å². The van der Waals surface area contributed by atoms with Crippen LogP contribution in [0, 0.1) is 0 Å². The molecule has 0 N–H and O–H groups in total. The van der Waals surface area contributed by atoms with Gasteiger partial charge in [0.05, 0.1) is 27.1 Å². The van der Waals surface area contributed by atoms with Gasteiger partial charge in [0.15, 0.2) is 11.5 Å². The second-order valence-electron chi connectivity index (χ2n) is 7.33. The van der Waals surface area contributed by atoms with Crippen LogP contribution >= 0.6 is 0 Å². The SMILES string of the molecule is CCOc1cc2occ(-c3ccc(OC)c(OC)c3)c2cc1/C(C)=C/C(=O)N(CC)CC. The lowest BCUT2D eigenvalue weighted by molar-refractivity contribution is -0.125. The van der Waals surface area contributed by atoms with Crippen molar-refractivity contribution in [1.29, 1.82) is 0 Å². The van der Waals surface area contributed by atoms with E-state index in [2.05, 4.69) is 0 Å². The van der Waals surface area contributed by atoms with Crippen molar-refractivity contribution in [2.75, 3.05) is 33.9 Å². The van der Waals surface area contributed by atoms with Gasteiger partial charge in [0.1, 0.15) is 11.3 Å². The van der Waals surface area contributed by atoms with E-state index >= 15 is 0 Å². The number of ether oxygens (including phenoxy) is 3. The van der Waals surface area contributed by atoms with Crippen LogP contribution in [-0.2, 0) is 4.79 Å². The van der Waals surface area contributed by atoms with Crippen LogP contribution in [0.1, 0.15) is 33.3 Å². The summed E-state index contributed by atoms with van der Waals surface area (Å²) in [6, 6.07) is 9.67. The molecule has 0 spiro atoms. The fraction of sp³-hybridized carbons (Fsp3) is 0.346. The molecule has 0 aliphatic heterocycles. The first kappa shape index (κ1) is 23.3. The van der Waals surface area contributed by atoms with Crippen molar-refractivity contribution in [3.8, 4) is 28.4 Å². The quantitative estimate of drug-likeness (QED) is 0.397. The van der Waals surface area contributed by atoms with Gasteiger partial charge in [0.2, 0.25) is 5.91 Å². The lowest BCUT2D eigenvalue weighted by Gasteiger charge is -2.17. The number of methoxy groups -OCH3 is 2. The highest BCUT2D eigenvalue weighted by Gasteiger charge is 2.17. The number of furan rings is 1. The van der Waals surface area contributed by atoms with Crippen LogP contribution in [0.2, 0.25) is 0 Å². The number of rotatable bonds is 9. The van der Waals surface area contributed by atoms with E-state index in [-0.39, 0.29) is 5.91 Å². The van der Waals surface area contributed by atoms with E-state index in [1.54, 1.807) is 31.5 Å². The topological polar surface area (TPSA) is 61.1 Å². The summed E-state index contributed by atoms with van der Waals surface area (Å²) in [4.78, 5) is 14.4. The lowest BCUT2D eigenvalue weighted by atomic mass is 9.99. The molecular weight excluding hydrogens is 406 g/mol. The molecule has 3 aromatic rings. The average Bonchev–Trinajstić information content (AvgIpc) is 3.21. The first-order valence-corrected chi connectivity index (χ1v) is 10.8. The molecule has 6 nitrogen and oxygen atoms in total. The predicted octanol–water partition coefficient (Wildman–Crippen LogP) is 5.79. The number of carbonyl (C=O) groups is 1. The van der Waals surface area contributed by atoms with Gasteiger partial charge in [0.25, 0.3) is 0 Å². The Balaban J connectivity index is 2.13. The van der Waals surface area contributed by atoms with Gasteiger partial charge in [-0.2, -0.15) is 0 Å². The Hall–Kier alpha value is -3.41. The van der Waals surface area contributed by atoms with Crippen molar-refractivity contribution >= 4 is 22.4 Å². The molecule has 0 unspecified atom stereocenters. The van der Waals surface area contributed by atoms with Gasteiger partial charge in [-0.25, -0.2) is 0 Å². The van der Waals surface area contributed by atoms with E-state index < -0.39 is 0 Å². The molecule has 1 amide bonds. The molecule has 0 saturated carbocycles. The molecule has 0 fully saturated rings. The molecular formula is C26H31NO5. The standard InChI is InChI=1S/C26H31NO5/c1-7-27(8-2)26(28)12-17(4)19-14-20-21(16-32-24(20)15-23(19)31-9-3)18-10-11-22(29-5)25(13-18)30-6/h10-16H,7-9H2,1-6H3/b17-12+. The van der Waals surface area contributed by atoms with Crippen LogP contribution in [0.4, 0.5) is 0 Å². The van der Waals surface area contributed by atoms with E-state index in [1.165, 1.54) is 0 Å². The van der Waals surface area contributed by atoms with Gasteiger partial charge in [0, 0.05) is 41.7 Å². The summed E-state index contributed by atoms with van der Waals surface area (Å²) in [6.07, 6.45) is 3.40. The molecule has 0 radical (unpaired) electrons. The molecule has 3 rings (SSSR count). The number of fused-ring (bicyclic) bond motifs is 1. The van der Waals surface area contributed by atoms with Crippen LogP contribution in [0.5, 0.6) is 17.2 Å². The fourth-order valence-electron chi connectivity index (χ4n) is 3.75. The zero-order chi connectivity index (χ0) is 23.3. The Labute approximate surface area is 189 Å². The summed E-state index contributed by atoms with van der Waals surface area (Å²) in [5.41, 5.74) is 4.28.